The summed E-state index contributed by atoms with van der Waals surface area (Å²) in [7, 11) is 6.57. The number of guanidine groups is 1. The molecule has 0 saturated heterocycles. The highest BCUT2D eigenvalue weighted by molar-refractivity contribution is 14.0. The van der Waals surface area contributed by atoms with Crippen molar-refractivity contribution < 1.29 is 14.2 Å². The number of rotatable bonds is 8. The maximum Gasteiger partial charge on any atom is 0.203 e. The quantitative estimate of drug-likeness (QED) is 0.272. The van der Waals surface area contributed by atoms with Gasteiger partial charge in [-0.25, -0.2) is 0 Å². The van der Waals surface area contributed by atoms with Crippen molar-refractivity contribution in [2.24, 2.45) is 4.99 Å². The second kappa shape index (κ2) is 12.4. The van der Waals surface area contributed by atoms with Gasteiger partial charge in [0.2, 0.25) is 5.75 Å². The third kappa shape index (κ3) is 6.54. The zero-order valence-corrected chi connectivity index (χ0v) is 17.4. The lowest BCUT2D eigenvalue weighted by Gasteiger charge is -2.17. The van der Waals surface area contributed by atoms with E-state index in [1.165, 1.54) is 0 Å². The Balaban J connectivity index is 0.00000484. The fraction of sp³-hybridized carbons (Fsp3) is 0.533. The summed E-state index contributed by atoms with van der Waals surface area (Å²) in [5, 5.41) is 6.51. The van der Waals surface area contributed by atoms with Gasteiger partial charge in [-0.2, -0.15) is 11.8 Å². The molecule has 23 heavy (non-hydrogen) atoms. The lowest BCUT2D eigenvalue weighted by molar-refractivity contribution is 0.322. The number of ether oxygens (including phenoxy) is 3. The van der Waals surface area contributed by atoms with Crippen LogP contribution in [0.3, 0.4) is 0 Å². The SMILES string of the molecule is CN=C(NCCSC)NCc1ccc(OC)c(OC)c1OC.I. The van der Waals surface area contributed by atoms with Crippen LogP contribution < -0.4 is 24.8 Å². The molecule has 0 aromatic heterocycles. The molecule has 0 radical (unpaired) electrons. The molecule has 1 rings (SSSR count). The van der Waals surface area contributed by atoms with Crippen LogP contribution in [0.15, 0.2) is 17.1 Å². The summed E-state index contributed by atoms with van der Waals surface area (Å²) in [6.45, 7) is 1.44. The summed E-state index contributed by atoms with van der Waals surface area (Å²) in [5.41, 5.74) is 0.966. The zero-order valence-electron chi connectivity index (χ0n) is 14.3. The second-order valence-corrected chi connectivity index (χ2v) is 5.32. The van der Waals surface area contributed by atoms with Crippen LogP contribution in [0.1, 0.15) is 5.56 Å². The van der Waals surface area contributed by atoms with Gasteiger partial charge in [0.15, 0.2) is 17.5 Å². The molecule has 1 aromatic rings. The normalized spacial score (nSPS) is 10.6. The maximum atomic E-state index is 5.47. The van der Waals surface area contributed by atoms with Crippen LogP contribution >= 0.6 is 35.7 Å². The summed E-state index contributed by atoms with van der Waals surface area (Å²) in [6, 6.07) is 3.81. The number of aliphatic imine (C=N–C) groups is 1. The predicted octanol–water partition coefficient (Wildman–Crippen LogP) is 2.36. The van der Waals surface area contributed by atoms with Crippen molar-refractivity contribution >= 4 is 41.7 Å². The molecule has 0 amide bonds. The van der Waals surface area contributed by atoms with Crippen molar-refractivity contribution in [3.05, 3.63) is 17.7 Å². The number of benzene rings is 1. The summed E-state index contributed by atoms with van der Waals surface area (Å²) in [5.74, 6) is 3.68. The number of methoxy groups -OCH3 is 3. The Morgan fingerprint density at radius 3 is 2.30 bits per heavy atom. The number of hydrogen-bond acceptors (Lipinski definition) is 5. The van der Waals surface area contributed by atoms with E-state index in [4.69, 9.17) is 14.2 Å². The first-order chi connectivity index (χ1) is 10.7. The minimum absolute atomic E-state index is 0. The van der Waals surface area contributed by atoms with Crippen LogP contribution in [0.4, 0.5) is 0 Å². The zero-order chi connectivity index (χ0) is 16.4. The van der Waals surface area contributed by atoms with Crippen molar-refractivity contribution in [3.63, 3.8) is 0 Å². The van der Waals surface area contributed by atoms with Crippen LogP contribution in [-0.4, -0.2) is 52.9 Å². The summed E-state index contributed by atoms with van der Waals surface area (Å²) >= 11 is 1.79. The topological polar surface area (TPSA) is 64.1 Å². The van der Waals surface area contributed by atoms with Gasteiger partial charge < -0.3 is 24.8 Å². The van der Waals surface area contributed by atoms with Crippen molar-refractivity contribution in [2.45, 2.75) is 6.54 Å². The summed E-state index contributed by atoms with van der Waals surface area (Å²) in [6.07, 6.45) is 2.08. The Labute approximate surface area is 159 Å². The van der Waals surface area contributed by atoms with E-state index >= 15 is 0 Å². The van der Waals surface area contributed by atoms with Gasteiger partial charge in [0, 0.05) is 31.5 Å². The van der Waals surface area contributed by atoms with Gasteiger partial charge in [-0.1, -0.05) is 0 Å². The van der Waals surface area contributed by atoms with E-state index in [1.807, 2.05) is 12.1 Å². The van der Waals surface area contributed by atoms with E-state index in [0.717, 1.165) is 23.8 Å². The number of thioether (sulfide) groups is 1. The molecular weight excluding hydrogens is 429 g/mol. The van der Waals surface area contributed by atoms with Gasteiger partial charge in [0.25, 0.3) is 0 Å². The van der Waals surface area contributed by atoms with E-state index in [-0.39, 0.29) is 24.0 Å². The number of nitrogens with one attached hydrogen (secondary N) is 2. The molecule has 1 aromatic carbocycles. The highest BCUT2D eigenvalue weighted by atomic mass is 127. The summed E-state index contributed by atoms with van der Waals surface area (Å²) in [4.78, 5) is 4.20. The minimum Gasteiger partial charge on any atom is -0.493 e. The van der Waals surface area contributed by atoms with E-state index in [2.05, 4.69) is 21.9 Å². The molecule has 0 spiro atoms. The fourth-order valence-electron chi connectivity index (χ4n) is 1.97. The van der Waals surface area contributed by atoms with Crippen molar-refractivity contribution in [3.8, 4) is 17.2 Å². The molecule has 0 aliphatic carbocycles. The average Bonchev–Trinajstić information content (AvgIpc) is 2.56. The highest BCUT2D eigenvalue weighted by Crippen LogP contribution is 2.39. The minimum atomic E-state index is 0. The smallest absolute Gasteiger partial charge is 0.203 e. The Morgan fingerprint density at radius 1 is 1.09 bits per heavy atom. The summed E-state index contributed by atoms with van der Waals surface area (Å²) < 4.78 is 16.1. The first-order valence-corrected chi connectivity index (χ1v) is 8.32. The Kier molecular flexibility index (Phi) is 11.8. The Morgan fingerprint density at radius 2 is 1.78 bits per heavy atom. The van der Waals surface area contributed by atoms with Gasteiger partial charge in [0.05, 0.1) is 21.3 Å². The van der Waals surface area contributed by atoms with Gasteiger partial charge >= 0.3 is 0 Å². The molecule has 0 fully saturated rings. The van der Waals surface area contributed by atoms with Crippen LogP contribution in [0.2, 0.25) is 0 Å². The van der Waals surface area contributed by atoms with Crippen LogP contribution in [-0.2, 0) is 6.54 Å². The van der Waals surface area contributed by atoms with Crippen LogP contribution in [0, 0.1) is 0 Å². The van der Waals surface area contributed by atoms with Crippen molar-refractivity contribution in [1.29, 1.82) is 0 Å². The molecule has 0 unspecified atom stereocenters. The number of halogens is 1. The van der Waals surface area contributed by atoms with Crippen LogP contribution in [0.5, 0.6) is 17.2 Å². The molecule has 0 aliphatic heterocycles. The van der Waals surface area contributed by atoms with Crippen LogP contribution in [0.25, 0.3) is 0 Å². The van der Waals surface area contributed by atoms with Gasteiger partial charge in [0.1, 0.15) is 0 Å². The Hall–Kier alpha value is -1.03. The maximum absolute atomic E-state index is 5.47. The molecule has 8 heteroatoms. The molecule has 0 aliphatic rings. The van der Waals surface area contributed by atoms with E-state index < -0.39 is 0 Å². The van der Waals surface area contributed by atoms with Crippen molar-refractivity contribution in [2.75, 3.05) is 46.9 Å². The molecule has 132 valence electrons. The van der Waals surface area contributed by atoms with Crippen molar-refractivity contribution in [1.82, 2.24) is 10.6 Å². The molecule has 6 nitrogen and oxygen atoms in total. The van der Waals surface area contributed by atoms with Gasteiger partial charge in [-0.15, -0.1) is 24.0 Å². The average molecular weight is 455 g/mol. The number of hydrogen-bond donors (Lipinski definition) is 2. The lowest BCUT2D eigenvalue weighted by atomic mass is 10.1. The standard InChI is InChI=1S/C15H25N3O3S.HI/c1-16-15(17-8-9-22-5)18-10-11-6-7-12(19-2)14(21-4)13(11)20-3;/h6-7H,8-10H2,1-5H3,(H2,16,17,18);1H. The lowest BCUT2D eigenvalue weighted by Crippen LogP contribution is -2.38. The number of nitrogens with zero attached hydrogens (tertiary/aromatic N) is 1. The first kappa shape index (κ1) is 22.0. The second-order valence-electron chi connectivity index (χ2n) is 4.34. The fourth-order valence-corrected chi connectivity index (χ4v) is 2.28. The molecule has 0 saturated carbocycles. The predicted molar refractivity (Wildman–Crippen MR) is 108 cm³/mol. The third-order valence-corrected chi connectivity index (χ3v) is 3.67. The molecular formula is C15H26IN3O3S. The van der Waals surface area contributed by atoms with E-state index in [9.17, 15) is 0 Å². The third-order valence-electron chi connectivity index (χ3n) is 3.05. The van der Waals surface area contributed by atoms with E-state index in [1.54, 1.807) is 40.1 Å². The van der Waals surface area contributed by atoms with E-state index in [0.29, 0.717) is 23.8 Å². The van der Waals surface area contributed by atoms with Gasteiger partial charge in [-0.05, 0) is 18.4 Å². The Bertz CT molecular complexity index is 501. The molecule has 0 heterocycles. The highest BCUT2D eigenvalue weighted by Gasteiger charge is 2.15. The molecule has 2 N–H and O–H groups in total. The largest absolute Gasteiger partial charge is 0.493 e. The first-order valence-electron chi connectivity index (χ1n) is 6.93. The molecule has 0 bridgehead atoms. The van der Waals surface area contributed by atoms with Gasteiger partial charge in [-0.3, -0.25) is 4.99 Å². The monoisotopic (exact) mass is 455 g/mol. The molecule has 0 atom stereocenters.